The lowest BCUT2D eigenvalue weighted by Gasteiger charge is -2.06. The Balaban J connectivity index is 1.97. The van der Waals surface area contributed by atoms with Crippen molar-refractivity contribution in [3.05, 3.63) is 40.2 Å². The number of carbonyl (C=O) groups is 1. The Kier molecular flexibility index (Phi) is 3.78. The van der Waals surface area contributed by atoms with E-state index in [1.54, 1.807) is 11.3 Å². The zero-order valence-corrected chi connectivity index (χ0v) is 10.4. The molecule has 0 atom stereocenters. The SMILES string of the molecule is NC(=O)c1cc(OCCc2cccs2)ncc1N. The molecule has 0 spiro atoms. The van der Waals surface area contributed by atoms with Gasteiger partial charge >= 0.3 is 0 Å². The summed E-state index contributed by atoms with van der Waals surface area (Å²) >= 11 is 1.67. The minimum absolute atomic E-state index is 0.233. The van der Waals surface area contributed by atoms with E-state index in [-0.39, 0.29) is 11.3 Å². The number of ether oxygens (including phenoxy) is 1. The Labute approximate surface area is 108 Å². The third-order valence-corrected chi connectivity index (χ3v) is 3.29. The van der Waals surface area contributed by atoms with E-state index in [0.29, 0.717) is 12.5 Å². The summed E-state index contributed by atoms with van der Waals surface area (Å²) < 4.78 is 5.46. The minimum atomic E-state index is -0.585. The van der Waals surface area contributed by atoms with Gasteiger partial charge in [-0.2, -0.15) is 0 Å². The van der Waals surface area contributed by atoms with Crippen LogP contribution < -0.4 is 16.2 Å². The lowest BCUT2D eigenvalue weighted by Crippen LogP contribution is -2.14. The Bertz CT molecular complexity index is 540. The number of carbonyl (C=O) groups excluding carboxylic acids is 1. The van der Waals surface area contributed by atoms with Crippen molar-refractivity contribution in [1.82, 2.24) is 4.98 Å². The first-order valence-corrected chi connectivity index (χ1v) is 6.25. The fourth-order valence-electron chi connectivity index (χ4n) is 1.45. The number of anilines is 1. The zero-order chi connectivity index (χ0) is 13.0. The Morgan fingerprint density at radius 3 is 3.00 bits per heavy atom. The fourth-order valence-corrected chi connectivity index (χ4v) is 2.14. The number of nitrogens with zero attached hydrogens (tertiary/aromatic N) is 1. The zero-order valence-electron chi connectivity index (χ0n) is 9.63. The Morgan fingerprint density at radius 2 is 2.33 bits per heavy atom. The molecule has 0 bridgehead atoms. The number of pyridine rings is 1. The van der Waals surface area contributed by atoms with E-state index < -0.39 is 5.91 Å². The van der Waals surface area contributed by atoms with Crippen LogP contribution in [0.2, 0.25) is 0 Å². The number of amides is 1. The predicted molar refractivity (Wildman–Crippen MR) is 70.7 cm³/mol. The highest BCUT2D eigenvalue weighted by Crippen LogP contribution is 2.16. The number of nitrogen functional groups attached to an aromatic ring is 1. The van der Waals surface area contributed by atoms with Gasteiger partial charge in [0.1, 0.15) is 0 Å². The Hall–Kier alpha value is -2.08. The molecular formula is C12H13N3O2S. The van der Waals surface area contributed by atoms with Crippen LogP contribution in [-0.2, 0) is 6.42 Å². The molecule has 2 aromatic rings. The summed E-state index contributed by atoms with van der Waals surface area (Å²) in [5.74, 6) is -0.229. The molecule has 6 heteroatoms. The van der Waals surface area contributed by atoms with Crippen LogP contribution in [0, 0.1) is 0 Å². The van der Waals surface area contributed by atoms with Gasteiger partial charge in [0, 0.05) is 17.4 Å². The second-order valence-corrected chi connectivity index (χ2v) is 4.68. The highest BCUT2D eigenvalue weighted by Gasteiger charge is 2.08. The molecule has 0 aliphatic carbocycles. The number of aromatic nitrogens is 1. The molecule has 0 radical (unpaired) electrons. The average molecular weight is 263 g/mol. The highest BCUT2D eigenvalue weighted by molar-refractivity contribution is 7.09. The highest BCUT2D eigenvalue weighted by atomic mass is 32.1. The van der Waals surface area contributed by atoms with Gasteiger partial charge in [-0.25, -0.2) is 4.98 Å². The molecular weight excluding hydrogens is 250 g/mol. The smallest absolute Gasteiger partial charge is 0.251 e. The normalized spacial score (nSPS) is 10.2. The number of hydrogen-bond donors (Lipinski definition) is 2. The van der Waals surface area contributed by atoms with Gasteiger partial charge in [0.2, 0.25) is 5.88 Å². The standard InChI is InChI=1S/C12H13N3O2S/c13-10-7-15-11(6-9(10)12(14)16)17-4-3-8-2-1-5-18-8/h1-2,5-7H,3-4,13H2,(H2,14,16). The van der Waals surface area contributed by atoms with E-state index >= 15 is 0 Å². The molecule has 5 nitrogen and oxygen atoms in total. The Morgan fingerprint density at radius 1 is 1.50 bits per heavy atom. The van der Waals surface area contributed by atoms with E-state index in [4.69, 9.17) is 16.2 Å². The first-order valence-electron chi connectivity index (χ1n) is 5.37. The largest absolute Gasteiger partial charge is 0.477 e. The van der Waals surface area contributed by atoms with Crippen molar-refractivity contribution in [3.63, 3.8) is 0 Å². The summed E-state index contributed by atoms with van der Waals surface area (Å²) in [4.78, 5) is 16.3. The molecule has 1 amide bonds. The van der Waals surface area contributed by atoms with Gasteiger partial charge < -0.3 is 16.2 Å². The first kappa shape index (κ1) is 12.4. The maximum atomic E-state index is 11.1. The van der Waals surface area contributed by atoms with Gasteiger partial charge in [-0.3, -0.25) is 4.79 Å². The summed E-state index contributed by atoms with van der Waals surface area (Å²) in [7, 11) is 0. The van der Waals surface area contributed by atoms with Gasteiger partial charge in [-0.05, 0) is 11.4 Å². The lowest BCUT2D eigenvalue weighted by atomic mass is 10.2. The summed E-state index contributed by atoms with van der Waals surface area (Å²) in [5.41, 5.74) is 11.3. The van der Waals surface area contributed by atoms with Crippen LogP contribution in [0.15, 0.2) is 29.8 Å². The third-order valence-electron chi connectivity index (χ3n) is 2.35. The van der Waals surface area contributed by atoms with Crippen molar-refractivity contribution >= 4 is 22.9 Å². The molecule has 0 aliphatic heterocycles. The van der Waals surface area contributed by atoms with E-state index in [9.17, 15) is 4.79 Å². The van der Waals surface area contributed by atoms with Crippen molar-refractivity contribution in [3.8, 4) is 5.88 Å². The minimum Gasteiger partial charge on any atom is -0.477 e. The molecule has 0 unspecified atom stereocenters. The molecule has 0 saturated carbocycles. The molecule has 4 N–H and O–H groups in total. The fraction of sp³-hybridized carbons (Fsp3) is 0.167. The maximum Gasteiger partial charge on any atom is 0.251 e. The van der Waals surface area contributed by atoms with Crippen LogP contribution >= 0.6 is 11.3 Å². The lowest BCUT2D eigenvalue weighted by molar-refractivity contribution is 0.100. The molecule has 2 rings (SSSR count). The van der Waals surface area contributed by atoms with Crippen LogP contribution in [0.3, 0.4) is 0 Å². The first-order chi connectivity index (χ1) is 8.66. The summed E-state index contributed by atoms with van der Waals surface area (Å²) in [6, 6.07) is 5.50. The van der Waals surface area contributed by atoms with Crippen molar-refractivity contribution in [2.75, 3.05) is 12.3 Å². The number of nitrogens with two attached hydrogens (primary N) is 2. The van der Waals surface area contributed by atoms with Gasteiger partial charge in [-0.15, -0.1) is 11.3 Å². The maximum absolute atomic E-state index is 11.1. The van der Waals surface area contributed by atoms with Crippen LogP contribution in [0.1, 0.15) is 15.2 Å². The second kappa shape index (κ2) is 5.50. The van der Waals surface area contributed by atoms with Crippen molar-refractivity contribution in [1.29, 1.82) is 0 Å². The summed E-state index contributed by atoms with van der Waals surface area (Å²) in [6.45, 7) is 0.496. The van der Waals surface area contributed by atoms with Crippen molar-refractivity contribution in [2.24, 2.45) is 5.73 Å². The van der Waals surface area contributed by atoms with E-state index in [1.165, 1.54) is 17.1 Å². The van der Waals surface area contributed by atoms with Crippen LogP contribution in [0.25, 0.3) is 0 Å². The molecule has 2 aromatic heterocycles. The monoisotopic (exact) mass is 263 g/mol. The van der Waals surface area contributed by atoms with E-state index in [0.717, 1.165) is 6.42 Å². The number of thiophene rings is 1. The second-order valence-electron chi connectivity index (χ2n) is 3.65. The van der Waals surface area contributed by atoms with Crippen LogP contribution in [0.4, 0.5) is 5.69 Å². The van der Waals surface area contributed by atoms with E-state index in [1.807, 2.05) is 17.5 Å². The summed E-state index contributed by atoms with van der Waals surface area (Å²) in [6.07, 6.45) is 2.18. The van der Waals surface area contributed by atoms with Crippen molar-refractivity contribution in [2.45, 2.75) is 6.42 Å². The molecule has 0 aromatic carbocycles. The van der Waals surface area contributed by atoms with Gasteiger partial charge in [0.25, 0.3) is 5.91 Å². The topological polar surface area (TPSA) is 91.2 Å². The molecule has 0 saturated heterocycles. The average Bonchev–Trinajstić information content (AvgIpc) is 2.84. The third kappa shape index (κ3) is 2.98. The summed E-state index contributed by atoms with van der Waals surface area (Å²) in [5, 5.41) is 2.02. The van der Waals surface area contributed by atoms with Crippen LogP contribution in [0.5, 0.6) is 5.88 Å². The van der Waals surface area contributed by atoms with Gasteiger partial charge in [0.05, 0.1) is 24.1 Å². The molecule has 94 valence electrons. The van der Waals surface area contributed by atoms with Gasteiger partial charge in [0.15, 0.2) is 0 Å². The quantitative estimate of drug-likeness (QED) is 0.854. The predicted octanol–water partition coefficient (Wildman–Crippen LogP) is 1.45. The van der Waals surface area contributed by atoms with E-state index in [2.05, 4.69) is 4.98 Å². The molecule has 0 aliphatic rings. The molecule has 18 heavy (non-hydrogen) atoms. The number of rotatable bonds is 5. The molecule has 2 heterocycles. The van der Waals surface area contributed by atoms with Gasteiger partial charge in [-0.1, -0.05) is 6.07 Å². The number of hydrogen-bond acceptors (Lipinski definition) is 5. The van der Waals surface area contributed by atoms with Crippen LogP contribution in [-0.4, -0.2) is 17.5 Å². The van der Waals surface area contributed by atoms with Crippen molar-refractivity contribution < 1.29 is 9.53 Å². The number of primary amides is 1. The molecule has 0 fully saturated rings.